The molecule has 0 amide bonds. The van der Waals surface area contributed by atoms with E-state index in [1.54, 1.807) is 12.1 Å². The normalized spacial score (nSPS) is 10.8. The predicted octanol–water partition coefficient (Wildman–Crippen LogP) is 3.66. The first-order chi connectivity index (χ1) is 9.83. The summed E-state index contributed by atoms with van der Waals surface area (Å²) < 4.78 is 13.1. The number of aromatic nitrogens is 1. The van der Waals surface area contributed by atoms with Crippen LogP contribution in [0.2, 0.25) is 0 Å². The standard InChI is InChI=1S/C17H15FN2/c18-15-5-3-4-13(10-15)11-19-12-14-8-9-20-17-7-2-1-6-16(14)17/h1-10,19H,11-12H2. The van der Waals surface area contributed by atoms with Crippen LogP contribution in [0.25, 0.3) is 10.9 Å². The average molecular weight is 266 g/mol. The van der Waals surface area contributed by atoms with Crippen molar-refractivity contribution in [1.29, 1.82) is 0 Å². The second-order valence-corrected chi connectivity index (χ2v) is 4.72. The molecule has 1 N–H and O–H groups in total. The Morgan fingerprint density at radius 3 is 2.75 bits per heavy atom. The topological polar surface area (TPSA) is 24.9 Å². The molecule has 0 saturated heterocycles. The highest BCUT2D eigenvalue weighted by Crippen LogP contribution is 2.16. The highest BCUT2D eigenvalue weighted by atomic mass is 19.1. The molecule has 100 valence electrons. The van der Waals surface area contributed by atoms with Gasteiger partial charge in [-0.05, 0) is 35.4 Å². The molecule has 1 heterocycles. The molecule has 0 radical (unpaired) electrons. The number of fused-ring (bicyclic) bond motifs is 1. The number of nitrogens with zero attached hydrogens (tertiary/aromatic N) is 1. The lowest BCUT2D eigenvalue weighted by Gasteiger charge is -2.08. The molecular weight excluding hydrogens is 251 g/mol. The fraction of sp³-hybridized carbons (Fsp3) is 0.118. The van der Waals surface area contributed by atoms with Crippen LogP contribution in [0.5, 0.6) is 0 Å². The zero-order chi connectivity index (χ0) is 13.8. The average Bonchev–Trinajstić information content (AvgIpc) is 2.48. The summed E-state index contributed by atoms with van der Waals surface area (Å²) in [6, 6.07) is 16.7. The van der Waals surface area contributed by atoms with Gasteiger partial charge >= 0.3 is 0 Å². The van der Waals surface area contributed by atoms with Crippen molar-refractivity contribution in [2.45, 2.75) is 13.1 Å². The largest absolute Gasteiger partial charge is 0.309 e. The number of para-hydroxylation sites is 1. The summed E-state index contributed by atoms with van der Waals surface area (Å²) in [7, 11) is 0. The first-order valence-corrected chi connectivity index (χ1v) is 6.61. The smallest absolute Gasteiger partial charge is 0.123 e. The monoisotopic (exact) mass is 266 g/mol. The van der Waals surface area contributed by atoms with Crippen molar-refractivity contribution < 1.29 is 4.39 Å². The maximum atomic E-state index is 13.1. The van der Waals surface area contributed by atoms with Crippen molar-refractivity contribution in [2.24, 2.45) is 0 Å². The number of rotatable bonds is 4. The van der Waals surface area contributed by atoms with Gasteiger partial charge in [0.25, 0.3) is 0 Å². The van der Waals surface area contributed by atoms with Crippen LogP contribution in [0.15, 0.2) is 60.8 Å². The van der Waals surface area contributed by atoms with Crippen LogP contribution < -0.4 is 5.32 Å². The van der Waals surface area contributed by atoms with Gasteiger partial charge in [-0.25, -0.2) is 4.39 Å². The first-order valence-electron chi connectivity index (χ1n) is 6.61. The molecule has 0 aliphatic heterocycles. The molecule has 20 heavy (non-hydrogen) atoms. The van der Waals surface area contributed by atoms with Crippen LogP contribution in [0.3, 0.4) is 0 Å². The zero-order valence-electron chi connectivity index (χ0n) is 11.0. The Morgan fingerprint density at radius 1 is 0.950 bits per heavy atom. The summed E-state index contributed by atoms with van der Waals surface area (Å²) in [6.45, 7) is 1.38. The molecule has 3 aromatic rings. The molecule has 0 saturated carbocycles. The lowest BCUT2D eigenvalue weighted by Crippen LogP contribution is -2.13. The van der Waals surface area contributed by atoms with Crippen molar-refractivity contribution in [3.05, 3.63) is 77.7 Å². The number of benzene rings is 2. The van der Waals surface area contributed by atoms with Crippen LogP contribution in [0.1, 0.15) is 11.1 Å². The Morgan fingerprint density at radius 2 is 1.85 bits per heavy atom. The molecule has 2 nitrogen and oxygen atoms in total. The Labute approximate surface area is 117 Å². The van der Waals surface area contributed by atoms with Crippen molar-refractivity contribution in [3.8, 4) is 0 Å². The van der Waals surface area contributed by atoms with E-state index in [4.69, 9.17) is 0 Å². The van der Waals surface area contributed by atoms with E-state index in [-0.39, 0.29) is 5.82 Å². The summed E-state index contributed by atoms with van der Waals surface area (Å²) in [5.41, 5.74) is 3.15. The summed E-state index contributed by atoms with van der Waals surface area (Å²) in [6.07, 6.45) is 1.82. The Kier molecular flexibility index (Phi) is 3.70. The van der Waals surface area contributed by atoms with Gasteiger partial charge in [0.05, 0.1) is 5.52 Å². The molecule has 2 aromatic carbocycles. The lowest BCUT2D eigenvalue weighted by molar-refractivity contribution is 0.620. The fourth-order valence-corrected chi connectivity index (χ4v) is 2.30. The summed E-state index contributed by atoms with van der Waals surface area (Å²) in [5, 5.41) is 4.50. The van der Waals surface area contributed by atoms with Crippen molar-refractivity contribution in [2.75, 3.05) is 0 Å². The van der Waals surface area contributed by atoms with Crippen molar-refractivity contribution >= 4 is 10.9 Å². The van der Waals surface area contributed by atoms with E-state index in [1.807, 2.05) is 36.5 Å². The SMILES string of the molecule is Fc1cccc(CNCc2ccnc3ccccc23)c1. The Bertz CT molecular complexity index is 720. The molecule has 3 rings (SSSR count). The van der Waals surface area contributed by atoms with E-state index in [1.165, 1.54) is 11.6 Å². The molecule has 0 bridgehead atoms. The van der Waals surface area contributed by atoms with E-state index in [0.717, 1.165) is 23.0 Å². The van der Waals surface area contributed by atoms with E-state index >= 15 is 0 Å². The zero-order valence-corrected chi connectivity index (χ0v) is 11.0. The van der Waals surface area contributed by atoms with Gasteiger partial charge in [-0.3, -0.25) is 4.98 Å². The highest BCUT2D eigenvalue weighted by Gasteiger charge is 2.01. The minimum absolute atomic E-state index is 0.196. The maximum absolute atomic E-state index is 13.1. The third-order valence-corrected chi connectivity index (χ3v) is 3.27. The van der Waals surface area contributed by atoms with Crippen LogP contribution in [0, 0.1) is 5.82 Å². The van der Waals surface area contributed by atoms with Crippen LogP contribution in [-0.2, 0) is 13.1 Å². The maximum Gasteiger partial charge on any atom is 0.123 e. The van der Waals surface area contributed by atoms with E-state index in [9.17, 15) is 4.39 Å². The van der Waals surface area contributed by atoms with Crippen LogP contribution in [-0.4, -0.2) is 4.98 Å². The number of hydrogen-bond donors (Lipinski definition) is 1. The second-order valence-electron chi connectivity index (χ2n) is 4.72. The Balaban J connectivity index is 1.71. The number of pyridine rings is 1. The first kappa shape index (κ1) is 12.8. The summed E-state index contributed by atoms with van der Waals surface area (Å²) in [4.78, 5) is 4.34. The third kappa shape index (κ3) is 2.83. The van der Waals surface area contributed by atoms with E-state index < -0.39 is 0 Å². The molecule has 0 unspecified atom stereocenters. The number of hydrogen-bond acceptors (Lipinski definition) is 2. The Hall–Kier alpha value is -2.26. The van der Waals surface area contributed by atoms with Gasteiger partial charge in [0.15, 0.2) is 0 Å². The molecule has 3 heteroatoms. The molecule has 0 aliphatic rings. The van der Waals surface area contributed by atoms with Gasteiger partial charge in [0.2, 0.25) is 0 Å². The van der Waals surface area contributed by atoms with Gasteiger partial charge in [-0.2, -0.15) is 0 Å². The number of nitrogens with one attached hydrogen (secondary N) is 1. The lowest BCUT2D eigenvalue weighted by atomic mass is 10.1. The molecule has 0 atom stereocenters. The molecule has 0 spiro atoms. The number of halogens is 1. The van der Waals surface area contributed by atoms with E-state index in [2.05, 4.69) is 16.4 Å². The van der Waals surface area contributed by atoms with Crippen molar-refractivity contribution in [1.82, 2.24) is 10.3 Å². The van der Waals surface area contributed by atoms with Gasteiger partial charge in [0, 0.05) is 24.7 Å². The van der Waals surface area contributed by atoms with Gasteiger partial charge < -0.3 is 5.32 Å². The molecule has 0 aliphatic carbocycles. The molecular formula is C17H15FN2. The summed E-state index contributed by atoms with van der Waals surface area (Å²) in [5.74, 6) is -0.196. The highest BCUT2D eigenvalue weighted by molar-refractivity contribution is 5.81. The minimum atomic E-state index is -0.196. The third-order valence-electron chi connectivity index (χ3n) is 3.27. The predicted molar refractivity (Wildman–Crippen MR) is 78.7 cm³/mol. The van der Waals surface area contributed by atoms with Crippen LogP contribution >= 0.6 is 0 Å². The molecule has 1 aromatic heterocycles. The van der Waals surface area contributed by atoms with Crippen molar-refractivity contribution in [3.63, 3.8) is 0 Å². The minimum Gasteiger partial charge on any atom is -0.309 e. The quantitative estimate of drug-likeness (QED) is 0.779. The molecule has 0 fully saturated rings. The summed E-state index contributed by atoms with van der Waals surface area (Å²) >= 11 is 0. The van der Waals surface area contributed by atoms with Crippen LogP contribution in [0.4, 0.5) is 4.39 Å². The second kappa shape index (κ2) is 5.80. The van der Waals surface area contributed by atoms with Gasteiger partial charge in [-0.1, -0.05) is 30.3 Å². The fourth-order valence-electron chi connectivity index (χ4n) is 2.30. The van der Waals surface area contributed by atoms with Gasteiger partial charge in [0.1, 0.15) is 5.82 Å². The van der Waals surface area contributed by atoms with Gasteiger partial charge in [-0.15, -0.1) is 0 Å². The van der Waals surface area contributed by atoms with E-state index in [0.29, 0.717) is 6.54 Å².